The number of sulfonamides is 1. The van der Waals surface area contributed by atoms with Crippen molar-refractivity contribution in [2.45, 2.75) is 38.1 Å². The molecule has 1 unspecified atom stereocenters. The summed E-state index contributed by atoms with van der Waals surface area (Å²) >= 11 is 0. The van der Waals surface area contributed by atoms with Gasteiger partial charge in [0.15, 0.2) is 0 Å². The normalized spacial score (nSPS) is 16.7. The highest BCUT2D eigenvalue weighted by Gasteiger charge is 2.28. The van der Waals surface area contributed by atoms with Gasteiger partial charge in [-0.05, 0) is 67.6 Å². The first-order valence-electron chi connectivity index (χ1n) is 8.27. The molecule has 0 radical (unpaired) electrons. The molecule has 6 nitrogen and oxygen atoms in total. The number of aromatic carboxylic acids is 1. The van der Waals surface area contributed by atoms with Gasteiger partial charge < -0.3 is 9.84 Å². The standard InChI is InChI=1S/C19H21NO5S/c1-11-5-4-6-17-16(11)9-15(10-25-17)20-26(23,24)18-8-14(19(21)22)7-12(2)13(18)3/h4-8,15,20H,9-10H2,1-3H3,(H,21,22). The van der Waals surface area contributed by atoms with Gasteiger partial charge in [0, 0.05) is 0 Å². The molecule has 2 aromatic carbocycles. The lowest BCUT2D eigenvalue weighted by Gasteiger charge is -2.27. The van der Waals surface area contributed by atoms with Crippen LogP contribution < -0.4 is 9.46 Å². The lowest BCUT2D eigenvalue weighted by atomic mass is 9.99. The molecule has 7 heteroatoms. The molecule has 1 atom stereocenters. The van der Waals surface area contributed by atoms with Crippen LogP contribution in [-0.4, -0.2) is 32.1 Å². The third-order valence-corrected chi connectivity index (χ3v) is 6.38. The minimum atomic E-state index is -3.88. The quantitative estimate of drug-likeness (QED) is 0.857. The SMILES string of the molecule is Cc1cc(C(=O)O)cc(S(=O)(=O)NC2COc3cccc(C)c3C2)c1C. The number of carbonyl (C=O) groups is 1. The van der Waals surface area contributed by atoms with E-state index in [0.717, 1.165) is 16.9 Å². The van der Waals surface area contributed by atoms with E-state index in [-0.39, 0.29) is 17.1 Å². The number of hydrogen-bond acceptors (Lipinski definition) is 4. The predicted octanol–water partition coefficient (Wildman–Crippen LogP) is 2.59. The molecule has 26 heavy (non-hydrogen) atoms. The van der Waals surface area contributed by atoms with E-state index in [0.29, 0.717) is 17.5 Å². The second kappa shape index (κ2) is 6.74. The van der Waals surface area contributed by atoms with E-state index >= 15 is 0 Å². The van der Waals surface area contributed by atoms with Crippen molar-refractivity contribution in [1.82, 2.24) is 4.72 Å². The number of hydrogen-bond donors (Lipinski definition) is 2. The number of carboxylic acids is 1. The van der Waals surface area contributed by atoms with E-state index in [1.54, 1.807) is 13.8 Å². The van der Waals surface area contributed by atoms with Gasteiger partial charge in [-0.1, -0.05) is 12.1 Å². The fourth-order valence-electron chi connectivity index (χ4n) is 3.16. The van der Waals surface area contributed by atoms with Crippen molar-refractivity contribution in [2.75, 3.05) is 6.61 Å². The maximum Gasteiger partial charge on any atom is 0.335 e. The molecule has 0 spiro atoms. The Hall–Kier alpha value is -2.38. The monoisotopic (exact) mass is 375 g/mol. The number of ether oxygens (including phenoxy) is 1. The molecule has 0 aromatic heterocycles. The zero-order valence-electron chi connectivity index (χ0n) is 14.9. The third-order valence-electron chi connectivity index (χ3n) is 4.74. The van der Waals surface area contributed by atoms with Gasteiger partial charge in [0.25, 0.3) is 0 Å². The van der Waals surface area contributed by atoms with Crippen LogP contribution in [0.25, 0.3) is 0 Å². The van der Waals surface area contributed by atoms with Crippen molar-refractivity contribution >= 4 is 16.0 Å². The molecule has 2 aromatic rings. The molecular formula is C19H21NO5S. The molecule has 1 aliphatic rings. The van der Waals surface area contributed by atoms with Gasteiger partial charge >= 0.3 is 5.97 Å². The largest absolute Gasteiger partial charge is 0.492 e. The van der Waals surface area contributed by atoms with Gasteiger partial charge in [0.1, 0.15) is 12.4 Å². The first-order valence-corrected chi connectivity index (χ1v) is 9.75. The molecular weight excluding hydrogens is 354 g/mol. The first kappa shape index (κ1) is 18.4. The highest BCUT2D eigenvalue weighted by molar-refractivity contribution is 7.89. The Labute approximate surface area is 152 Å². The van der Waals surface area contributed by atoms with Crippen molar-refractivity contribution in [3.8, 4) is 5.75 Å². The van der Waals surface area contributed by atoms with Gasteiger partial charge in [-0.3, -0.25) is 0 Å². The maximum atomic E-state index is 12.9. The average Bonchev–Trinajstić information content (AvgIpc) is 2.57. The summed E-state index contributed by atoms with van der Waals surface area (Å²) in [6.07, 6.45) is 0.526. The number of aryl methyl sites for hydroxylation is 2. The summed E-state index contributed by atoms with van der Waals surface area (Å²) in [5, 5.41) is 9.22. The molecule has 1 aliphatic heterocycles. The van der Waals surface area contributed by atoms with Gasteiger partial charge in [-0.25, -0.2) is 17.9 Å². The fourth-order valence-corrected chi connectivity index (χ4v) is 4.72. The predicted molar refractivity (Wildman–Crippen MR) is 97.4 cm³/mol. The number of benzene rings is 2. The molecule has 3 rings (SSSR count). The summed E-state index contributed by atoms with van der Waals surface area (Å²) in [6, 6.07) is 8.00. The van der Waals surface area contributed by atoms with Crippen LogP contribution in [-0.2, 0) is 16.4 Å². The number of nitrogens with one attached hydrogen (secondary N) is 1. The van der Waals surface area contributed by atoms with Crippen molar-refractivity contribution in [1.29, 1.82) is 0 Å². The Balaban J connectivity index is 1.91. The van der Waals surface area contributed by atoms with Crippen LogP contribution in [0.3, 0.4) is 0 Å². The molecule has 1 heterocycles. The van der Waals surface area contributed by atoms with E-state index in [9.17, 15) is 18.3 Å². The lowest BCUT2D eigenvalue weighted by molar-refractivity contribution is 0.0696. The van der Waals surface area contributed by atoms with Gasteiger partial charge in [0.2, 0.25) is 10.0 Å². The van der Waals surface area contributed by atoms with Gasteiger partial charge in [-0.2, -0.15) is 0 Å². The van der Waals surface area contributed by atoms with Crippen LogP contribution in [0.1, 0.15) is 32.6 Å². The maximum absolute atomic E-state index is 12.9. The lowest BCUT2D eigenvalue weighted by Crippen LogP contribution is -2.43. The minimum Gasteiger partial charge on any atom is -0.492 e. The average molecular weight is 375 g/mol. The highest BCUT2D eigenvalue weighted by atomic mass is 32.2. The smallest absolute Gasteiger partial charge is 0.335 e. The summed E-state index contributed by atoms with van der Waals surface area (Å²) in [5.41, 5.74) is 3.14. The summed E-state index contributed by atoms with van der Waals surface area (Å²) in [5.74, 6) is -0.379. The Morgan fingerprint density at radius 2 is 1.92 bits per heavy atom. The van der Waals surface area contributed by atoms with E-state index < -0.39 is 22.0 Å². The van der Waals surface area contributed by atoms with Crippen LogP contribution in [0.4, 0.5) is 0 Å². The van der Waals surface area contributed by atoms with Crippen molar-refractivity contribution in [3.63, 3.8) is 0 Å². The minimum absolute atomic E-state index is 0.00881. The van der Waals surface area contributed by atoms with E-state index in [4.69, 9.17) is 4.74 Å². The first-order chi connectivity index (χ1) is 12.2. The molecule has 0 saturated heterocycles. The van der Waals surface area contributed by atoms with Crippen LogP contribution in [0, 0.1) is 20.8 Å². The van der Waals surface area contributed by atoms with Crippen LogP contribution in [0.5, 0.6) is 5.75 Å². The third kappa shape index (κ3) is 3.45. The van der Waals surface area contributed by atoms with E-state index in [1.165, 1.54) is 12.1 Å². The molecule has 0 aliphatic carbocycles. The molecule has 0 saturated carbocycles. The van der Waals surface area contributed by atoms with Crippen LogP contribution in [0.2, 0.25) is 0 Å². The van der Waals surface area contributed by atoms with Crippen molar-refractivity contribution in [2.24, 2.45) is 0 Å². The van der Waals surface area contributed by atoms with Crippen molar-refractivity contribution < 1.29 is 23.1 Å². The number of carboxylic acid groups (broad SMARTS) is 1. The summed E-state index contributed by atoms with van der Waals surface area (Å²) in [6.45, 7) is 5.56. The second-order valence-electron chi connectivity index (χ2n) is 6.61. The summed E-state index contributed by atoms with van der Waals surface area (Å²) in [7, 11) is -3.88. The fraction of sp³-hybridized carbons (Fsp3) is 0.316. The summed E-state index contributed by atoms with van der Waals surface area (Å²) in [4.78, 5) is 11.3. The van der Waals surface area contributed by atoms with E-state index in [2.05, 4.69) is 4.72 Å². The van der Waals surface area contributed by atoms with Crippen LogP contribution in [0.15, 0.2) is 35.2 Å². The van der Waals surface area contributed by atoms with Crippen molar-refractivity contribution in [3.05, 3.63) is 58.1 Å². The number of fused-ring (bicyclic) bond motifs is 1. The molecule has 0 bridgehead atoms. The Morgan fingerprint density at radius 3 is 2.62 bits per heavy atom. The second-order valence-corrected chi connectivity index (χ2v) is 8.29. The zero-order chi connectivity index (χ0) is 19.1. The number of rotatable bonds is 4. The van der Waals surface area contributed by atoms with E-state index in [1.807, 2.05) is 25.1 Å². The van der Waals surface area contributed by atoms with Gasteiger partial charge in [0.05, 0.1) is 16.5 Å². The molecule has 0 fully saturated rings. The summed E-state index contributed by atoms with van der Waals surface area (Å²) < 4.78 is 34.1. The Bertz CT molecular complexity index is 982. The molecule has 138 valence electrons. The Morgan fingerprint density at radius 1 is 1.19 bits per heavy atom. The van der Waals surface area contributed by atoms with Crippen LogP contribution >= 0.6 is 0 Å². The topological polar surface area (TPSA) is 92.7 Å². The van der Waals surface area contributed by atoms with Gasteiger partial charge in [-0.15, -0.1) is 0 Å². The molecule has 0 amide bonds. The molecule has 2 N–H and O–H groups in total. The Kier molecular flexibility index (Phi) is 4.77. The highest BCUT2D eigenvalue weighted by Crippen LogP contribution is 2.28. The zero-order valence-corrected chi connectivity index (χ0v) is 15.7.